The number of aliphatic carboxylic acids is 1. The summed E-state index contributed by atoms with van der Waals surface area (Å²) in [6.45, 7) is 3.49. The first-order valence-electron chi connectivity index (χ1n) is 6.10. The fourth-order valence-electron chi connectivity index (χ4n) is 1.70. The van der Waals surface area contributed by atoms with Gasteiger partial charge in [0.2, 0.25) is 5.91 Å². The number of carboxylic acids is 1. The van der Waals surface area contributed by atoms with Crippen LogP contribution in [0.3, 0.4) is 0 Å². The summed E-state index contributed by atoms with van der Waals surface area (Å²) in [6.07, 6.45) is 0.310. The van der Waals surface area contributed by atoms with Gasteiger partial charge < -0.3 is 14.7 Å². The Bertz CT molecular complexity index is 457. The van der Waals surface area contributed by atoms with Crippen LogP contribution in [0.4, 0.5) is 5.69 Å². The quantitative estimate of drug-likeness (QED) is 0.856. The monoisotopic (exact) mass is 265 g/mol. The number of ether oxygens (including phenoxy) is 1. The molecular formula is C14H19NO4. The molecule has 0 saturated heterocycles. The molecule has 19 heavy (non-hydrogen) atoms. The van der Waals surface area contributed by atoms with Crippen LogP contribution in [0.5, 0.6) is 5.75 Å². The van der Waals surface area contributed by atoms with Crippen LogP contribution in [-0.4, -0.2) is 30.6 Å². The summed E-state index contributed by atoms with van der Waals surface area (Å²) in [6, 6.07) is 6.83. The zero-order chi connectivity index (χ0) is 14.4. The predicted molar refractivity (Wildman–Crippen MR) is 72.4 cm³/mol. The lowest BCUT2D eigenvalue weighted by atomic mass is 10.1. The maximum absolute atomic E-state index is 12.1. The Hall–Kier alpha value is -2.04. The molecule has 1 amide bonds. The molecule has 0 aromatic heterocycles. The molecule has 0 atom stereocenters. The molecule has 0 saturated carbocycles. The average molecular weight is 265 g/mol. The third kappa shape index (κ3) is 4.62. The molecule has 0 bridgehead atoms. The first kappa shape index (κ1) is 15.0. The molecule has 1 rings (SSSR count). The Morgan fingerprint density at radius 1 is 1.37 bits per heavy atom. The Labute approximate surface area is 112 Å². The highest BCUT2D eigenvalue weighted by molar-refractivity contribution is 5.97. The van der Waals surface area contributed by atoms with Gasteiger partial charge in [-0.15, -0.1) is 0 Å². The van der Waals surface area contributed by atoms with Gasteiger partial charge >= 0.3 is 5.97 Å². The van der Waals surface area contributed by atoms with Gasteiger partial charge in [-0.2, -0.15) is 0 Å². The second-order valence-electron chi connectivity index (χ2n) is 4.67. The number of carbonyl (C=O) groups excluding carboxylic acids is 1. The van der Waals surface area contributed by atoms with Crippen molar-refractivity contribution in [1.82, 2.24) is 0 Å². The smallest absolute Gasteiger partial charge is 0.323 e. The molecule has 1 aromatic rings. The lowest BCUT2D eigenvalue weighted by molar-refractivity contribution is -0.136. The van der Waals surface area contributed by atoms with Crippen molar-refractivity contribution in [3.8, 4) is 5.75 Å². The molecular weight excluding hydrogens is 246 g/mol. The maximum Gasteiger partial charge on any atom is 0.323 e. The molecule has 0 aliphatic heterocycles. The SMILES string of the molecule is COc1cccc(N(CC(=O)O)C(=O)CC(C)C)c1. The second-order valence-corrected chi connectivity index (χ2v) is 4.67. The van der Waals surface area contributed by atoms with Crippen LogP contribution in [0.1, 0.15) is 20.3 Å². The number of rotatable bonds is 6. The zero-order valence-electron chi connectivity index (χ0n) is 11.4. The van der Waals surface area contributed by atoms with E-state index in [9.17, 15) is 9.59 Å². The standard InChI is InChI=1S/C14H19NO4/c1-10(2)7-13(16)15(9-14(17)18)11-5-4-6-12(8-11)19-3/h4-6,8,10H,7,9H2,1-3H3,(H,17,18). The lowest BCUT2D eigenvalue weighted by Gasteiger charge is -2.22. The van der Waals surface area contributed by atoms with E-state index in [2.05, 4.69) is 0 Å². The zero-order valence-corrected chi connectivity index (χ0v) is 11.4. The van der Waals surface area contributed by atoms with Crippen LogP contribution in [0, 0.1) is 5.92 Å². The first-order chi connectivity index (χ1) is 8.93. The molecule has 1 N–H and O–H groups in total. The molecule has 0 aliphatic carbocycles. The highest BCUT2D eigenvalue weighted by atomic mass is 16.5. The van der Waals surface area contributed by atoms with Gasteiger partial charge in [0.05, 0.1) is 7.11 Å². The lowest BCUT2D eigenvalue weighted by Crippen LogP contribution is -2.36. The van der Waals surface area contributed by atoms with E-state index in [0.29, 0.717) is 17.9 Å². The van der Waals surface area contributed by atoms with Crippen LogP contribution >= 0.6 is 0 Å². The van der Waals surface area contributed by atoms with E-state index in [1.165, 1.54) is 12.0 Å². The van der Waals surface area contributed by atoms with Crippen LogP contribution in [-0.2, 0) is 9.59 Å². The van der Waals surface area contributed by atoms with Crippen LogP contribution in [0.15, 0.2) is 24.3 Å². The van der Waals surface area contributed by atoms with Gasteiger partial charge in [0.25, 0.3) is 0 Å². The van der Waals surface area contributed by atoms with Crippen molar-refractivity contribution in [2.45, 2.75) is 20.3 Å². The summed E-state index contributed by atoms with van der Waals surface area (Å²) in [7, 11) is 1.52. The maximum atomic E-state index is 12.1. The van der Waals surface area contributed by atoms with Gasteiger partial charge in [0.15, 0.2) is 0 Å². The number of benzene rings is 1. The summed E-state index contributed by atoms with van der Waals surface area (Å²) < 4.78 is 5.09. The van der Waals surface area contributed by atoms with Gasteiger partial charge in [-0.1, -0.05) is 19.9 Å². The molecule has 0 radical (unpaired) electrons. The van der Waals surface area contributed by atoms with Gasteiger partial charge in [0, 0.05) is 18.2 Å². The van der Waals surface area contributed by atoms with Gasteiger partial charge in [-0.25, -0.2) is 0 Å². The molecule has 104 valence electrons. The Morgan fingerprint density at radius 3 is 2.58 bits per heavy atom. The van der Waals surface area contributed by atoms with Crippen LogP contribution in [0.25, 0.3) is 0 Å². The number of amides is 1. The fraction of sp³-hybridized carbons (Fsp3) is 0.429. The normalized spacial score (nSPS) is 10.3. The highest BCUT2D eigenvalue weighted by Crippen LogP contribution is 2.22. The van der Waals surface area contributed by atoms with Crippen molar-refractivity contribution in [3.63, 3.8) is 0 Å². The molecule has 5 nitrogen and oxygen atoms in total. The van der Waals surface area contributed by atoms with Crippen molar-refractivity contribution >= 4 is 17.6 Å². The number of hydrogen-bond acceptors (Lipinski definition) is 3. The summed E-state index contributed by atoms with van der Waals surface area (Å²) in [5.41, 5.74) is 0.535. The molecule has 0 aliphatic rings. The average Bonchev–Trinajstić information content (AvgIpc) is 2.35. The minimum absolute atomic E-state index is 0.175. The molecule has 0 heterocycles. The summed E-state index contributed by atoms with van der Waals surface area (Å²) >= 11 is 0. The number of hydrogen-bond donors (Lipinski definition) is 1. The topological polar surface area (TPSA) is 66.8 Å². The molecule has 1 aromatic carbocycles. The summed E-state index contributed by atoms with van der Waals surface area (Å²) in [5.74, 6) is -0.481. The van der Waals surface area contributed by atoms with Crippen molar-refractivity contribution in [2.75, 3.05) is 18.6 Å². The van der Waals surface area contributed by atoms with E-state index in [1.807, 2.05) is 13.8 Å². The van der Waals surface area contributed by atoms with Crippen molar-refractivity contribution in [3.05, 3.63) is 24.3 Å². The van der Waals surface area contributed by atoms with Crippen LogP contribution < -0.4 is 9.64 Å². The minimum Gasteiger partial charge on any atom is -0.497 e. The first-order valence-corrected chi connectivity index (χ1v) is 6.10. The molecule has 0 unspecified atom stereocenters. The highest BCUT2D eigenvalue weighted by Gasteiger charge is 2.19. The van der Waals surface area contributed by atoms with Gasteiger partial charge in [0.1, 0.15) is 12.3 Å². The molecule has 5 heteroatoms. The number of anilines is 1. The van der Waals surface area contributed by atoms with E-state index in [-0.39, 0.29) is 18.4 Å². The number of methoxy groups -OCH3 is 1. The van der Waals surface area contributed by atoms with E-state index in [4.69, 9.17) is 9.84 Å². The van der Waals surface area contributed by atoms with Gasteiger partial charge in [-0.3, -0.25) is 9.59 Å². The fourth-order valence-corrected chi connectivity index (χ4v) is 1.70. The number of nitrogens with zero attached hydrogens (tertiary/aromatic N) is 1. The summed E-state index contributed by atoms with van der Waals surface area (Å²) in [4.78, 5) is 24.3. The van der Waals surface area contributed by atoms with Gasteiger partial charge in [-0.05, 0) is 18.1 Å². The number of carbonyl (C=O) groups is 2. The van der Waals surface area contributed by atoms with E-state index in [0.717, 1.165) is 0 Å². The predicted octanol–water partition coefficient (Wildman–Crippen LogP) is 2.16. The Morgan fingerprint density at radius 2 is 2.05 bits per heavy atom. The third-order valence-corrected chi connectivity index (χ3v) is 2.54. The van der Waals surface area contributed by atoms with Crippen molar-refractivity contribution < 1.29 is 19.4 Å². The van der Waals surface area contributed by atoms with E-state index < -0.39 is 5.97 Å². The largest absolute Gasteiger partial charge is 0.497 e. The second kappa shape index (κ2) is 6.78. The van der Waals surface area contributed by atoms with Crippen LogP contribution in [0.2, 0.25) is 0 Å². The minimum atomic E-state index is -1.04. The Balaban J connectivity index is 3.01. The number of carboxylic acid groups (broad SMARTS) is 1. The third-order valence-electron chi connectivity index (χ3n) is 2.54. The molecule has 0 spiro atoms. The Kier molecular flexibility index (Phi) is 5.36. The van der Waals surface area contributed by atoms with E-state index in [1.54, 1.807) is 24.3 Å². The van der Waals surface area contributed by atoms with Crippen molar-refractivity contribution in [2.24, 2.45) is 5.92 Å². The van der Waals surface area contributed by atoms with Crippen molar-refractivity contribution in [1.29, 1.82) is 0 Å². The summed E-state index contributed by atoms with van der Waals surface area (Å²) in [5, 5.41) is 8.93. The molecule has 0 fully saturated rings. The van der Waals surface area contributed by atoms with E-state index >= 15 is 0 Å².